The molecule has 6 nitrogen and oxygen atoms in total. The zero-order valence-corrected chi connectivity index (χ0v) is 13.5. The maximum atomic E-state index is 12.6. The lowest BCUT2D eigenvalue weighted by atomic mass is 9.98. The molecule has 0 aromatic carbocycles. The third-order valence-corrected chi connectivity index (χ3v) is 4.81. The molecule has 122 valence electrons. The molecule has 0 radical (unpaired) electrons. The fourth-order valence-corrected chi connectivity index (χ4v) is 3.26. The summed E-state index contributed by atoms with van der Waals surface area (Å²) in [4.78, 5) is 18.9. The molecule has 1 saturated carbocycles. The van der Waals surface area contributed by atoms with Crippen LogP contribution in [0.25, 0.3) is 0 Å². The van der Waals surface area contributed by atoms with Crippen molar-refractivity contribution in [1.82, 2.24) is 19.8 Å². The summed E-state index contributed by atoms with van der Waals surface area (Å²) in [6, 6.07) is 0.0972. The van der Waals surface area contributed by atoms with Gasteiger partial charge in [-0.1, -0.05) is 0 Å². The number of carbonyl (C=O) groups excluding carboxylic acids is 1. The monoisotopic (exact) mass is 306 g/mol. The van der Waals surface area contributed by atoms with E-state index in [1.54, 1.807) is 13.3 Å². The van der Waals surface area contributed by atoms with Gasteiger partial charge in [-0.15, -0.1) is 0 Å². The minimum Gasteiger partial charge on any atom is -0.384 e. The number of ether oxygens (including phenoxy) is 1. The lowest BCUT2D eigenvalue weighted by Gasteiger charge is -2.33. The lowest BCUT2D eigenvalue weighted by molar-refractivity contribution is 0.106. The Hall–Kier alpha value is -1.56. The summed E-state index contributed by atoms with van der Waals surface area (Å²) in [5.74, 6) is 2.09. The Balaban J connectivity index is 1.57. The van der Waals surface area contributed by atoms with Crippen LogP contribution in [0, 0.1) is 11.8 Å². The van der Waals surface area contributed by atoms with Gasteiger partial charge in [-0.25, -0.2) is 9.78 Å². The number of imidazole rings is 1. The quantitative estimate of drug-likeness (QED) is 0.904. The van der Waals surface area contributed by atoms with Gasteiger partial charge in [0.15, 0.2) is 0 Å². The van der Waals surface area contributed by atoms with Crippen molar-refractivity contribution in [2.45, 2.75) is 31.7 Å². The molecule has 1 aliphatic heterocycles. The van der Waals surface area contributed by atoms with Crippen molar-refractivity contribution in [3.05, 3.63) is 18.2 Å². The van der Waals surface area contributed by atoms with Gasteiger partial charge in [0.25, 0.3) is 0 Å². The minimum atomic E-state index is 0.0456. The van der Waals surface area contributed by atoms with Crippen LogP contribution in [0.1, 0.15) is 37.5 Å². The second-order valence-electron chi connectivity index (χ2n) is 6.55. The highest BCUT2D eigenvalue weighted by Crippen LogP contribution is 2.40. The fraction of sp³-hybridized carbons (Fsp3) is 0.750. The first-order chi connectivity index (χ1) is 10.7. The van der Waals surface area contributed by atoms with E-state index in [1.807, 2.05) is 22.7 Å². The van der Waals surface area contributed by atoms with Crippen LogP contribution in [0.3, 0.4) is 0 Å². The zero-order chi connectivity index (χ0) is 15.5. The summed E-state index contributed by atoms with van der Waals surface area (Å²) in [7, 11) is 3.73. The van der Waals surface area contributed by atoms with Crippen molar-refractivity contribution in [3.63, 3.8) is 0 Å². The van der Waals surface area contributed by atoms with Crippen molar-refractivity contribution in [3.8, 4) is 0 Å². The van der Waals surface area contributed by atoms with Crippen LogP contribution in [-0.4, -0.2) is 47.3 Å². The number of hydrogen-bond donors (Lipinski definition) is 1. The Morgan fingerprint density at radius 3 is 2.68 bits per heavy atom. The Bertz CT molecular complexity index is 504. The molecule has 2 heterocycles. The Kier molecular flexibility index (Phi) is 4.66. The molecule has 1 saturated heterocycles. The van der Waals surface area contributed by atoms with Gasteiger partial charge in [0.1, 0.15) is 5.82 Å². The molecule has 22 heavy (non-hydrogen) atoms. The van der Waals surface area contributed by atoms with Crippen molar-refractivity contribution < 1.29 is 9.53 Å². The molecule has 2 aliphatic rings. The summed E-state index contributed by atoms with van der Waals surface area (Å²) in [6.45, 7) is 2.43. The number of aryl methyl sites for hydroxylation is 1. The summed E-state index contributed by atoms with van der Waals surface area (Å²) in [5.41, 5.74) is 0. The van der Waals surface area contributed by atoms with Gasteiger partial charge >= 0.3 is 6.03 Å². The molecular weight excluding hydrogens is 280 g/mol. The molecule has 3 rings (SSSR count). The van der Waals surface area contributed by atoms with Gasteiger partial charge < -0.3 is 19.5 Å². The normalized spacial score (nSPS) is 20.9. The number of nitrogens with zero attached hydrogens (tertiary/aromatic N) is 3. The number of amides is 2. The molecule has 1 aromatic heterocycles. The Morgan fingerprint density at radius 2 is 2.14 bits per heavy atom. The SMILES string of the molecule is COCC1CCN(C(=O)N[C@@H](c2nccn2C)C2CC2)CC1. The lowest BCUT2D eigenvalue weighted by Crippen LogP contribution is -2.46. The minimum absolute atomic E-state index is 0.0456. The van der Waals surface area contributed by atoms with Crippen LogP contribution >= 0.6 is 0 Å². The Morgan fingerprint density at radius 1 is 1.41 bits per heavy atom. The number of piperidine rings is 1. The molecule has 2 amide bonds. The van der Waals surface area contributed by atoms with Crippen LogP contribution in [0.5, 0.6) is 0 Å². The van der Waals surface area contributed by atoms with Gasteiger partial charge in [0, 0.05) is 46.2 Å². The number of urea groups is 1. The third-order valence-electron chi connectivity index (χ3n) is 4.81. The first-order valence-corrected chi connectivity index (χ1v) is 8.20. The summed E-state index contributed by atoms with van der Waals surface area (Å²) in [5, 5.41) is 3.21. The smallest absolute Gasteiger partial charge is 0.317 e. The molecular formula is C16H26N4O2. The molecule has 1 N–H and O–H groups in total. The van der Waals surface area contributed by atoms with E-state index < -0.39 is 0 Å². The van der Waals surface area contributed by atoms with Crippen LogP contribution in [0.15, 0.2) is 12.4 Å². The van der Waals surface area contributed by atoms with Gasteiger partial charge in [-0.05, 0) is 37.5 Å². The summed E-state index contributed by atoms with van der Waals surface area (Å²) in [6.07, 6.45) is 8.14. The second-order valence-corrected chi connectivity index (χ2v) is 6.55. The standard InChI is InChI=1S/C16H26N4O2/c1-19-10-7-17-15(19)14(13-3-4-13)18-16(21)20-8-5-12(6-9-20)11-22-2/h7,10,12-14H,3-6,8-9,11H2,1-2H3,(H,18,21)/t14-/m1/s1. The maximum absolute atomic E-state index is 12.6. The van der Waals surface area contributed by atoms with Gasteiger partial charge in [0.05, 0.1) is 6.04 Å². The molecule has 0 bridgehead atoms. The highest BCUT2D eigenvalue weighted by molar-refractivity contribution is 5.74. The zero-order valence-electron chi connectivity index (χ0n) is 13.5. The predicted molar refractivity (Wildman–Crippen MR) is 83.4 cm³/mol. The van der Waals surface area contributed by atoms with E-state index in [0.717, 1.165) is 38.4 Å². The number of likely N-dealkylation sites (tertiary alicyclic amines) is 1. The number of nitrogens with one attached hydrogen (secondary N) is 1. The van der Waals surface area contributed by atoms with E-state index in [2.05, 4.69) is 10.3 Å². The number of aromatic nitrogens is 2. The fourth-order valence-electron chi connectivity index (χ4n) is 3.26. The average molecular weight is 306 g/mol. The molecule has 1 atom stereocenters. The van der Waals surface area contributed by atoms with Crippen LogP contribution < -0.4 is 5.32 Å². The molecule has 1 aromatic rings. The largest absolute Gasteiger partial charge is 0.384 e. The number of hydrogen-bond acceptors (Lipinski definition) is 3. The molecule has 2 fully saturated rings. The van der Waals surface area contributed by atoms with E-state index in [4.69, 9.17) is 4.74 Å². The van der Waals surface area contributed by atoms with Crippen LogP contribution in [0.4, 0.5) is 4.79 Å². The van der Waals surface area contributed by atoms with E-state index in [0.29, 0.717) is 11.8 Å². The van der Waals surface area contributed by atoms with E-state index >= 15 is 0 Å². The highest BCUT2D eigenvalue weighted by atomic mass is 16.5. The Labute approximate surface area is 131 Å². The molecule has 0 spiro atoms. The maximum Gasteiger partial charge on any atom is 0.317 e. The van der Waals surface area contributed by atoms with Crippen LogP contribution in [0.2, 0.25) is 0 Å². The van der Waals surface area contributed by atoms with Crippen LogP contribution in [-0.2, 0) is 11.8 Å². The molecule has 6 heteroatoms. The average Bonchev–Trinajstić information content (AvgIpc) is 3.28. The highest BCUT2D eigenvalue weighted by Gasteiger charge is 2.36. The first kappa shape index (κ1) is 15.3. The first-order valence-electron chi connectivity index (χ1n) is 8.20. The summed E-state index contributed by atoms with van der Waals surface area (Å²) >= 11 is 0. The van der Waals surface area contributed by atoms with Crippen molar-refractivity contribution >= 4 is 6.03 Å². The summed E-state index contributed by atoms with van der Waals surface area (Å²) < 4.78 is 7.22. The topological polar surface area (TPSA) is 59.4 Å². The van der Waals surface area contributed by atoms with Crippen molar-refractivity contribution in [1.29, 1.82) is 0 Å². The van der Waals surface area contributed by atoms with Gasteiger partial charge in [0.2, 0.25) is 0 Å². The van der Waals surface area contributed by atoms with E-state index in [9.17, 15) is 4.79 Å². The van der Waals surface area contributed by atoms with Gasteiger partial charge in [-0.2, -0.15) is 0 Å². The predicted octanol–water partition coefficient (Wildman–Crippen LogP) is 1.94. The molecule has 0 unspecified atom stereocenters. The number of carbonyl (C=O) groups is 1. The number of rotatable bonds is 5. The van der Waals surface area contributed by atoms with Crippen molar-refractivity contribution in [2.24, 2.45) is 18.9 Å². The van der Waals surface area contributed by atoms with Crippen molar-refractivity contribution in [2.75, 3.05) is 26.8 Å². The van der Waals surface area contributed by atoms with E-state index in [1.165, 1.54) is 12.8 Å². The van der Waals surface area contributed by atoms with E-state index in [-0.39, 0.29) is 12.1 Å². The molecule has 1 aliphatic carbocycles. The number of methoxy groups -OCH3 is 1. The van der Waals surface area contributed by atoms with Gasteiger partial charge in [-0.3, -0.25) is 0 Å². The second kappa shape index (κ2) is 6.69. The third kappa shape index (κ3) is 3.43.